The maximum atomic E-state index is 12.9. The zero-order valence-corrected chi connectivity index (χ0v) is 16.3. The van der Waals surface area contributed by atoms with Crippen molar-refractivity contribution < 1.29 is 30.9 Å². The molecule has 0 spiro atoms. The van der Waals surface area contributed by atoms with Crippen LogP contribution in [0.5, 0.6) is 0 Å². The molecule has 0 bridgehead atoms. The van der Waals surface area contributed by atoms with E-state index in [2.05, 4.69) is 9.88 Å². The Bertz CT molecular complexity index is 1220. The number of halogens is 3. The van der Waals surface area contributed by atoms with Crippen molar-refractivity contribution in [2.45, 2.75) is 23.9 Å². The molecule has 11 heteroatoms. The number of sulfonamides is 1. The summed E-state index contributed by atoms with van der Waals surface area (Å²) in [6, 6.07) is 7.68. The Morgan fingerprint density at radius 1 is 1.10 bits per heavy atom. The van der Waals surface area contributed by atoms with Crippen LogP contribution in [0.25, 0.3) is 11.0 Å². The average molecular weight is 439 g/mol. The number of alkyl halides is 3. The molecular weight excluding hydrogens is 423 g/mol. The summed E-state index contributed by atoms with van der Waals surface area (Å²) in [5.74, 6) is -0.355. The summed E-state index contributed by atoms with van der Waals surface area (Å²) in [5, 5.41) is 4.00. The Balaban J connectivity index is 1.67. The standard InChI is InChI=1S/C19H16F3N3O4S/c20-19(21,22)12-4-3-5-13(10-12)24-30(27,28)14-6-7-16-15(11-14)17(23-29-16)18(26)25-8-1-2-9-25/h3-7,10-11,24H,1-2,8-9H2. The number of amides is 1. The molecule has 1 saturated heterocycles. The molecule has 1 aromatic heterocycles. The van der Waals surface area contributed by atoms with Gasteiger partial charge in [0.1, 0.15) is 0 Å². The van der Waals surface area contributed by atoms with E-state index in [1.54, 1.807) is 4.90 Å². The van der Waals surface area contributed by atoms with Crippen LogP contribution in [0.1, 0.15) is 28.9 Å². The molecule has 1 aliphatic heterocycles. The van der Waals surface area contributed by atoms with Gasteiger partial charge in [-0.1, -0.05) is 11.2 Å². The van der Waals surface area contributed by atoms with Crippen LogP contribution in [0.3, 0.4) is 0 Å². The van der Waals surface area contributed by atoms with Crippen molar-refractivity contribution in [1.29, 1.82) is 0 Å². The molecule has 2 heterocycles. The van der Waals surface area contributed by atoms with Gasteiger partial charge in [0.25, 0.3) is 15.9 Å². The summed E-state index contributed by atoms with van der Waals surface area (Å²) in [4.78, 5) is 14.0. The number of carbonyl (C=O) groups excluding carboxylic acids is 1. The topological polar surface area (TPSA) is 92.5 Å². The molecule has 0 saturated carbocycles. The van der Waals surface area contributed by atoms with E-state index in [-0.39, 0.29) is 33.2 Å². The third kappa shape index (κ3) is 3.84. The zero-order valence-electron chi connectivity index (χ0n) is 15.4. The number of aromatic nitrogens is 1. The van der Waals surface area contributed by atoms with E-state index in [0.29, 0.717) is 19.2 Å². The Morgan fingerprint density at radius 3 is 2.53 bits per heavy atom. The van der Waals surface area contributed by atoms with Crippen molar-refractivity contribution in [1.82, 2.24) is 10.1 Å². The molecule has 158 valence electrons. The highest BCUT2D eigenvalue weighted by Gasteiger charge is 2.31. The summed E-state index contributed by atoms with van der Waals surface area (Å²) in [6.45, 7) is 1.17. The van der Waals surface area contributed by atoms with E-state index in [1.807, 2.05) is 0 Å². The van der Waals surface area contributed by atoms with Crippen LogP contribution >= 0.6 is 0 Å². The predicted octanol–water partition coefficient (Wildman–Crippen LogP) is 3.88. The number of likely N-dealkylation sites (tertiary alicyclic amines) is 1. The van der Waals surface area contributed by atoms with Gasteiger partial charge in [-0.25, -0.2) is 8.42 Å². The summed E-state index contributed by atoms with van der Waals surface area (Å²) < 4.78 is 71.4. The highest BCUT2D eigenvalue weighted by Crippen LogP contribution is 2.31. The lowest BCUT2D eigenvalue weighted by molar-refractivity contribution is -0.137. The van der Waals surface area contributed by atoms with Crippen molar-refractivity contribution >= 4 is 32.6 Å². The number of carbonyl (C=O) groups is 1. The molecule has 3 aromatic rings. The van der Waals surface area contributed by atoms with Crippen LogP contribution in [-0.2, 0) is 16.2 Å². The molecule has 30 heavy (non-hydrogen) atoms. The summed E-state index contributed by atoms with van der Waals surface area (Å²) >= 11 is 0. The van der Waals surface area contributed by atoms with Gasteiger partial charge in [-0.2, -0.15) is 13.2 Å². The van der Waals surface area contributed by atoms with E-state index in [9.17, 15) is 26.4 Å². The van der Waals surface area contributed by atoms with Gasteiger partial charge in [-0.3, -0.25) is 9.52 Å². The number of benzene rings is 2. The van der Waals surface area contributed by atoms with E-state index in [4.69, 9.17) is 4.52 Å². The largest absolute Gasteiger partial charge is 0.416 e. The number of nitrogens with zero attached hydrogens (tertiary/aromatic N) is 2. The smallest absolute Gasteiger partial charge is 0.355 e. The van der Waals surface area contributed by atoms with Gasteiger partial charge in [0.2, 0.25) is 0 Å². The summed E-state index contributed by atoms with van der Waals surface area (Å²) in [6.07, 6.45) is -2.85. The monoisotopic (exact) mass is 439 g/mol. The summed E-state index contributed by atoms with van der Waals surface area (Å²) in [5.41, 5.74) is -0.974. The molecule has 7 nitrogen and oxygen atoms in total. The van der Waals surface area contributed by atoms with Crippen molar-refractivity contribution in [2.75, 3.05) is 17.8 Å². The lowest BCUT2D eigenvalue weighted by Gasteiger charge is -2.13. The molecule has 1 amide bonds. The number of fused-ring (bicyclic) bond motifs is 1. The normalized spacial score (nSPS) is 15.0. The second-order valence-corrected chi connectivity index (χ2v) is 8.55. The molecule has 2 aromatic carbocycles. The van der Waals surface area contributed by atoms with Gasteiger partial charge in [-0.05, 0) is 49.2 Å². The van der Waals surface area contributed by atoms with Crippen LogP contribution < -0.4 is 4.72 Å². The minimum Gasteiger partial charge on any atom is -0.355 e. The van der Waals surface area contributed by atoms with Gasteiger partial charge in [0, 0.05) is 18.8 Å². The van der Waals surface area contributed by atoms with E-state index >= 15 is 0 Å². The van der Waals surface area contributed by atoms with E-state index < -0.39 is 21.8 Å². The minimum atomic E-state index is -4.60. The van der Waals surface area contributed by atoms with Crippen molar-refractivity contribution in [3.8, 4) is 0 Å². The summed E-state index contributed by atoms with van der Waals surface area (Å²) in [7, 11) is -4.22. The van der Waals surface area contributed by atoms with Crippen LogP contribution in [0.4, 0.5) is 18.9 Å². The number of hydrogen-bond acceptors (Lipinski definition) is 5. The number of hydrogen-bond donors (Lipinski definition) is 1. The first-order chi connectivity index (χ1) is 14.1. The maximum absolute atomic E-state index is 12.9. The van der Waals surface area contributed by atoms with E-state index in [0.717, 1.165) is 25.0 Å². The molecule has 4 rings (SSSR count). The minimum absolute atomic E-state index is 0.00280. The van der Waals surface area contributed by atoms with Crippen molar-refractivity contribution in [2.24, 2.45) is 0 Å². The fourth-order valence-corrected chi connectivity index (χ4v) is 4.36. The first-order valence-electron chi connectivity index (χ1n) is 9.04. The Morgan fingerprint density at radius 2 is 1.83 bits per heavy atom. The van der Waals surface area contributed by atoms with Crippen molar-refractivity contribution in [3.63, 3.8) is 0 Å². The van der Waals surface area contributed by atoms with E-state index in [1.165, 1.54) is 24.3 Å². The number of nitrogens with one attached hydrogen (secondary N) is 1. The van der Waals surface area contributed by atoms with Gasteiger partial charge in [0.05, 0.1) is 15.8 Å². The third-order valence-corrected chi connectivity index (χ3v) is 6.17. The quantitative estimate of drug-likeness (QED) is 0.666. The molecule has 0 aliphatic carbocycles. The van der Waals surface area contributed by atoms with Gasteiger partial charge < -0.3 is 9.42 Å². The van der Waals surface area contributed by atoms with Gasteiger partial charge in [0.15, 0.2) is 11.3 Å². The van der Waals surface area contributed by atoms with Crippen molar-refractivity contribution in [3.05, 3.63) is 53.7 Å². The average Bonchev–Trinajstić information content (AvgIpc) is 3.36. The highest BCUT2D eigenvalue weighted by molar-refractivity contribution is 7.92. The SMILES string of the molecule is O=C(c1noc2ccc(S(=O)(=O)Nc3cccc(C(F)(F)F)c3)cc12)N1CCCC1. The fraction of sp³-hybridized carbons (Fsp3) is 0.263. The first kappa shape index (κ1) is 20.2. The highest BCUT2D eigenvalue weighted by atomic mass is 32.2. The molecule has 0 unspecified atom stereocenters. The Hall–Kier alpha value is -3.08. The van der Waals surface area contributed by atoms with Crippen LogP contribution in [-0.4, -0.2) is 37.5 Å². The Kier molecular flexibility index (Phi) is 4.92. The van der Waals surface area contributed by atoms with Crippen LogP contribution in [0.2, 0.25) is 0 Å². The van der Waals surface area contributed by atoms with Crippen LogP contribution in [0.15, 0.2) is 51.9 Å². The first-order valence-corrected chi connectivity index (χ1v) is 10.5. The predicted molar refractivity (Wildman–Crippen MR) is 101 cm³/mol. The Labute approximate surface area is 169 Å². The second-order valence-electron chi connectivity index (χ2n) is 6.87. The molecular formula is C19H16F3N3O4S. The molecule has 0 atom stereocenters. The van der Waals surface area contributed by atoms with Crippen LogP contribution in [0, 0.1) is 0 Å². The van der Waals surface area contributed by atoms with Gasteiger partial charge >= 0.3 is 6.18 Å². The number of anilines is 1. The molecule has 1 N–H and O–H groups in total. The zero-order chi connectivity index (χ0) is 21.5. The maximum Gasteiger partial charge on any atom is 0.416 e. The lowest BCUT2D eigenvalue weighted by Crippen LogP contribution is -2.28. The fourth-order valence-electron chi connectivity index (χ4n) is 3.28. The van der Waals surface area contributed by atoms with Gasteiger partial charge in [-0.15, -0.1) is 0 Å². The molecule has 1 fully saturated rings. The molecule has 0 radical (unpaired) electrons. The molecule has 1 aliphatic rings. The second kappa shape index (κ2) is 7.31. The lowest BCUT2D eigenvalue weighted by atomic mass is 10.2. The number of rotatable bonds is 4. The third-order valence-electron chi connectivity index (χ3n) is 4.79.